The van der Waals surface area contributed by atoms with E-state index in [2.05, 4.69) is 10.3 Å². The molecule has 0 aliphatic carbocycles. The number of halogens is 2. The Balaban J connectivity index is 1.82. The molecule has 148 valence electrons. The van der Waals surface area contributed by atoms with E-state index < -0.39 is 0 Å². The molecule has 1 heterocycles. The summed E-state index contributed by atoms with van der Waals surface area (Å²) in [5.41, 5.74) is 3.31. The molecule has 1 unspecified atom stereocenters. The van der Waals surface area contributed by atoms with Gasteiger partial charge in [0.1, 0.15) is 0 Å². The molecule has 0 saturated heterocycles. The molecule has 0 aliphatic rings. The minimum absolute atomic E-state index is 0.112. The first-order chi connectivity index (χ1) is 13.4. The Morgan fingerprint density at radius 1 is 1.32 bits per heavy atom. The average molecular weight is 438 g/mol. The molecule has 3 aromatic rings. The van der Waals surface area contributed by atoms with Crippen LogP contribution in [0, 0.1) is 6.92 Å². The van der Waals surface area contributed by atoms with Gasteiger partial charge in [0.25, 0.3) is 0 Å². The fourth-order valence-electron chi connectivity index (χ4n) is 2.76. The fourth-order valence-corrected chi connectivity index (χ4v) is 4.05. The highest BCUT2D eigenvalue weighted by Crippen LogP contribution is 2.30. The fraction of sp³-hybridized carbons (Fsp3) is 0.300. The number of carbonyl (C=O) groups is 1. The monoisotopic (exact) mass is 437 g/mol. The van der Waals surface area contributed by atoms with Crippen molar-refractivity contribution < 1.29 is 9.53 Å². The third kappa shape index (κ3) is 4.63. The van der Waals surface area contributed by atoms with Gasteiger partial charge in [0.2, 0.25) is 5.91 Å². The first kappa shape index (κ1) is 21.0. The SMILES string of the molecule is COCCn1c(SC(C)C(=O)Nc2cccc(Cl)c2C)nc2cc(Cl)ccc21. The van der Waals surface area contributed by atoms with Crippen molar-refractivity contribution in [1.82, 2.24) is 9.55 Å². The second-order valence-electron chi connectivity index (χ2n) is 6.33. The summed E-state index contributed by atoms with van der Waals surface area (Å²) in [6.07, 6.45) is 0. The zero-order valence-corrected chi connectivity index (χ0v) is 18.2. The number of benzene rings is 2. The predicted octanol–water partition coefficient (Wildman–Crippen LogP) is 5.42. The Morgan fingerprint density at radius 2 is 2.11 bits per heavy atom. The topological polar surface area (TPSA) is 56.1 Å². The molecule has 1 aromatic heterocycles. The number of rotatable bonds is 7. The van der Waals surface area contributed by atoms with Gasteiger partial charge < -0.3 is 14.6 Å². The largest absolute Gasteiger partial charge is 0.383 e. The molecule has 1 N–H and O–H groups in total. The molecule has 8 heteroatoms. The number of aromatic nitrogens is 2. The molecule has 0 aliphatic heterocycles. The smallest absolute Gasteiger partial charge is 0.237 e. The summed E-state index contributed by atoms with van der Waals surface area (Å²) in [7, 11) is 1.66. The molecule has 1 atom stereocenters. The maximum absolute atomic E-state index is 12.7. The summed E-state index contributed by atoms with van der Waals surface area (Å²) in [4.78, 5) is 17.4. The minimum atomic E-state index is -0.355. The molecule has 1 amide bonds. The summed E-state index contributed by atoms with van der Waals surface area (Å²) >= 11 is 13.6. The number of carbonyl (C=O) groups excluding carboxylic acids is 1. The van der Waals surface area contributed by atoms with Gasteiger partial charge in [0.05, 0.1) is 22.9 Å². The Morgan fingerprint density at radius 3 is 2.86 bits per heavy atom. The molecule has 0 bridgehead atoms. The van der Waals surface area contributed by atoms with E-state index in [0.717, 1.165) is 21.8 Å². The van der Waals surface area contributed by atoms with E-state index in [4.69, 9.17) is 27.9 Å². The number of fused-ring (bicyclic) bond motifs is 1. The zero-order chi connectivity index (χ0) is 20.3. The van der Waals surface area contributed by atoms with Crippen molar-refractivity contribution in [3.63, 3.8) is 0 Å². The quantitative estimate of drug-likeness (QED) is 0.501. The van der Waals surface area contributed by atoms with Crippen LogP contribution in [0.2, 0.25) is 10.0 Å². The number of ether oxygens (including phenoxy) is 1. The minimum Gasteiger partial charge on any atom is -0.383 e. The van der Waals surface area contributed by atoms with Gasteiger partial charge in [-0.3, -0.25) is 4.79 Å². The van der Waals surface area contributed by atoms with Crippen molar-refractivity contribution in [1.29, 1.82) is 0 Å². The van der Waals surface area contributed by atoms with Crippen LogP contribution in [0.5, 0.6) is 0 Å². The lowest BCUT2D eigenvalue weighted by Gasteiger charge is -2.15. The molecule has 2 aromatic carbocycles. The predicted molar refractivity (Wildman–Crippen MR) is 117 cm³/mol. The molecular formula is C20H21Cl2N3O2S. The lowest BCUT2D eigenvalue weighted by molar-refractivity contribution is -0.115. The molecule has 0 spiro atoms. The van der Waals surface area contributed by atoms with Crippen molar-refractivity contribution >= 4 is 57.6 Å². The van der Waals surface area contributed by atoms with Crippen LogP contribution in [0.4, 0.5) is 5.69 Å². The Labute approximate surface area is 178 Å². The van der Waals surface area contributed by atoms with Crippen LogP contribution in [-0.2, 0) is 16.1 Å². The van der Waals surface area contributed by atoms with Crippen molar-refractivity contribution in [3.05, 3.63) is 52.0 Å². The Bertz CT molecular complexity index is 1010. The number of hydrogen-bond acceptors (Lipinski definition) is 4. The summed E-state index contributed by atoms with van der Waals surface area (Å²) in [5.74, 6) is -0.112. The van der Waals surface area contributed by atoms with Crippen molar-refractivity contribution in [2.45, 2.75) is 30.8 Å². The van der Waals surface area contributed by atoms with Gasteiger partial charge in [-0.1, -0.05) is 41.0 Å². The highest BCUT2D eigenvalue weighted by Gasteiger charge is 2.20. The third-order valence-electron chi connectivity index (χ3n) is 4.37. The van der Waals surface area contributed by atoms with Crippen LogP contribution in [-0.4, -0.2) is 34.4 Å². The van der Waals surface area contributed by atoms with Crippen molar-refractivity contribution in [2.24, 2.45) is 0 Å². The summed E-state index contributed by atoms with van der Waals surface area (Å²) < 4.78 is 7.27. The first-order valence-corrected chi connectivity index (χ1v) is 10.4. The molecule has 3 rings (SSSR count). The molecule has 28 heavy (non-hydrogen) atoms. The lowest BCUT2D eigenvalue weighted by atomic mass is 10.2. The number of thioether (sulfide) groups is 1. The van der Waals surface area contributed by atoms with Gasteiger partial charge in [-0.05, 0) is 49.7 Å². The molecule has 0 saturated carbocycles. The normalized spacial score (nSPS) is 12.3. The second-order valence-corrected chi connectivity index (χ2v) is 8.49. The van der Waals surface area contributed by atoms with Gasteiger partial charge in [0, 0.05) is 29.4 Å². The summed E-state index contributed by atoms with van der Waals surface area (Å²) in [5, 5.41) is 4.59. The zero-order valence-electron chi connectivity index (χ0n) is 15.8. The van der Waals surface area contributed by atoms with E-state index >= 15 is 0 Å². The molecule has 0 fully saturated rings. The second kappa shape index (κ2) is 9.18. The lowest BCUT2D eigenvalue weighted by Crippen LogP contribution is -2.23. The maximum Gasteiger partial charge on any atom is 0.237 e. The van der Waals surface area contributed by atoms with Crippen molar-refractivity contribution in [3.8, 4) is 0 Å². The van der Waals surface area contributed by atoms with Gasteiger partial charge in [-0.25, -0.2) is 4.98 Å². The Hall–Kier alpha value is -1.73. The standard InChI is InChI=1S/C20H21Cl2N3O2S/c1-12-15(22)5-4-6-16(12)23-19(26)13(2)28-20-24-17-11-14(21)7-8-18(17)25(20)9-10-27-3/h4-8,11,13H,9-10H2,1-3H3,(H,23,26). The van der Waals surface area contributed by atoms with Crippen LogP contribution in [0.3, 0.4) is 0 Å². The van der Waals surface area contributed by atoms with E-state index in [1.54, 1.807) is 13.2 Å². The van der Waals surface area contributed by atoms with E-state index in [1.165, 1.54) is 11.8 Å². The van der Waals surface area contributed by atoms with Crippen LogP contribution in [0.25, 0.3) is 11.0 Å². The van der Waals surface area contributed by atoms with E-state index in [9.17, 15) is 4.79 Å². The number of nitrogens with one attached hydrogen (secondary N) is 1. The average Bonchev–Trinajstić information content (AvgIpc) is 2.99. The molecule has 5 nitrogen and oxygen atoms in total. The molecule has 0 radical (unpaired) electrons. The number of hydrogen-bond donors (Lipinski definition) is 1. The van der Waals surface area contributed by atoms with Crippen LogP contribution < -0.4 is 5.32 Å². The van der Waals surface area contributed by atoms with Gasteiger partial charge >= 0.3 is 0 Å². The number of anilines is 1. The third-order valence-corrected chi connectivity index (χ3v) is 6.11. The van der Waals surface area contributed by atoms with Gasteiger partial charge in [-0.15, -0.1) is 0 Å². The summed E-state index contributed by atoms with van der Waals surface area (Å²) in [6.45, 7) is 4.92. The van der Waals surface area contributed by atoms with Gasteiger partial charge in [-0.2, -0.15) is 0 Å². The van der Waals surface area contributed by atoms with Crippen LogP contribution >= 0.6 is 35.0 Å². The highest BCUT2D eigenvalue weighted by molar-refractivity contribution is 8.00. The first-order valence-electron chi connectivity index (χ1n) is 8.78. The van der Waals surface area contributed by atoms with E-state index in [1.807, 2.05) is 48.7 Å². The highest BCUT2D eigenvalue weighted by atomic mass is 35.5. The van der Waals surface area contributed by atoms with Crippen LogP contribution in [0.15, 0.2) is 41.6 Å². The van der Waals surface area contributed by atoms with Gasteiger partial charge in [0.15, 0.2) is 5.16 Å². The van der Waals surface area contributed by atoms with E-state index in [0.29, 0.717) is 28.9 Å². The maximum atomic E-state index is 12.7. The van der Waals surface area contributed by atoms with E-state index in [-0.39, 0.29) is 11.2 Å². The van der Waals surface area contributed by atoms with Crippen molar-refractivity contribution in [2.75, 3.05) is 19.0 Å². The molecular weight excluding hydrogens is 417 g/mol. The Kier molecular flexibility index (Phi) is 6.88. The summed E-state index contributed by atoms with van der Waals surface area (Å²) in [6, 6.07) is 11.0. The number of imidazole rings is 1. The number of amides is 1. The van der Waals surface area contributed by atoms with Crippen LogP contribution in [0.1, 0.15) is 12.5 Å². The number of methoxy groups -OCH3 is 1. The number of nitrogens with zero attached hydrogens (tertiary/aromatic N) is 2.